The summed E-state index contributed by atoms with van der Waals surface area (Å²) in [6, 6.07) is 9.79. The second-order valence-corrected chi connectivity index (χ2v) is 13.6. The summed E-state index contributed by atoms with van der Waals surface area (Å²) < 4.78 is 7.86. The molecule has 1 spiro atoms. The Labute approximate surface area is 248 Å². The van der Waals surface area contributed by atoms with Crippen molar-refractivity contribution in [2.45, 2.75) is 85.7 Å². The van der Waals surface area contributed by atoms with Gasteiger partial charge in [0.1, 0.15) is 11.7 Å². The lowest BCUT2D eigenvalue weighted by Gasteiger charge is -2.51. The zero-order chi connectivity index (χ0) is 30.8. The Morgan fingerprint density at radius 3 is 2.43 bits per heavy atom. The summed E-state index contributed by atoms with van der Waals surface area (Å²) in [6.45, 7) is 13.6. The summed E-state index contributed by atoms with van der Waals surface area (Å²) in [5.41, 5.74) is -0.798. The summed E-state index contributed by atoms with van der Waals surface area (Å²) >= 11 is 0. The number of aryl methyl sites for hydroxylation is 1. The first-order chi connectivity index (χ1) is 19.7. The van der Waals surface area contributed by atoms with E-state index in [1.807, 2.05) is 37.3 Å². The van der Waals surface area contributed by atoms with Crippen LogP contribution in [0.5, 0.6) is 0 Å². The monoisotopic (exact) mass is 576 g/mol. The molecule has 0 radical (unpaired) electrons. The first-order valence-electron chi connectivity index (χ1n) is 14.9. The third-order valence-corrected chi connectivity index (χ3v) is 10.6. The van der Waals surface area contributed by atoms with Gasteiger partial charge in [-0.1, -0.05) is 70.2 Å². The summed E-state index contributed by atoms with van der Waals surface area (Å²) in [7, 11) is 0. The van der Waals surface area contributed by atoms with Crippen molar-refractivity contribution in [3.05, 3.63) is 76.1 Å². The van der Waals surface area contributed by atoms with E-state index in [0.29, 0.717) is 36.3 Å². The normalized spacial score (nSPS) is 34.0. The first kappa shape index (κ1) is 30.4. The fraction of sp³-hybridized carbons (Fsp3) is 0.559. The molecule has 0 saturated heterocycles. The van der Waals surface area contributed by atoms with E-state index in [-0.39, 0.29) is 34.2 Å². The van der Waals surface area contributed by atoms with E-state index in [2.05, 4.69) is 25.9 Å². The molecule has 42 heavy (non-hydrogen) atoms. The number of benzene rings is 1. The van der Waals surface area contributed by atoms with Crippen molar-refractivity contribution < 1.29 is 29.6 Å². The highest BCUT2D eigenvalue weighted by Crippen LogP contribution is 2.60. The molecule has 0 aliphatic heterocycles. The molecular weight excluding hydrogens is 532 g/mol. The lowest BCUT2D eigenvalue weighted by molar-refractivity contribution is -0.194. The minimum atomic E-state index is -2.20. The Hall–Kier alpha value is -3.07. The van der Waals surface area contributed by atoms with Crippen LogP contribution in [0.1, 0.15) is 74.8 Å². The second kappa shape index (κ2) is 10.6. The zero-order valence-corrected chi connectivity index (χ0v) is 25.7. The fourth-order valence-corrected chi connectivity index (χ4v) is 7.89. The number of ketones is 1. The van der Waals surface area contributed by atoms with Crippen molar-refractivity contribution in [1.82, 2.24) is 9.78 Å². The topological polar surface area (TPSA) is 122 Å². The molecule has 1 aromatic carbocycles. The Kier molecular flexibility index (Phi) is 7.65. The van der Waals surface area contributed by atoms with Gasteiger partial charge in [-0.15, -0.1) is 0 Å². The Bertz CT molecular complexity index is 1460. The van der Waals surface area contributed by atoms with Crippen molar-refractivity contribution in [2.75, 3.05) is 6.61 Å². The number of ether oxygens (including phenoxy) is 1. The maximum atomic E-state index is 14.6. The summed E-state index contributed by atoms with van der Waals surface area (Å²) in [5, 5.41) is 39.5. The molecule has 8 nitrogen and oxygen atoms in total. The van der Waals surface area contributed by atoms with Gasteiger partial charge in [-0.2, -0.15) is 5.10 Å². The van der Waals surface area contributed by atoms with Gasteiger partial charge >= 0.3 is 5.97 Å². The number of aliphatic hydroxyl groups excluding tert-OH is 2. The van der Waals surface area contributed by atoms with Crippen LogP contribution >= 0.6 is 0 Å². The van der Waals surface area contributed by atoms with Crippen LogP contribution in [0.25, 0.3) is 0 Å². The number of allylic oxidation sites excluding steroid dienone is 1. The third kappa shape index (κ3) is 4.41. The van der Waals surface area contributed by atoms with Gasteiger partial charge in [0.25, 0.3) is 0 Å². The van der Waals surface area contributed by atoms with Crippen molar-refractivity contribution in [3.63, 3.8) is 0 Å². The molecule has 1 aromatic heterocycles. The molecule has 226 valence electrons. The summed E-state index contributed by atoms with van der Waals surface area (Å²) in [5.74, 6) is -1.67. The Morgan fingerprint density at radius 2 is 1.79 bits per heavy atom. The van der Waals surface area contributed by atoms with Gasteiger partial charge in [-0.25, -0.2) is 4.79 Å². The van der Waals surface area contributed by atoms with E-state index in [0.717, 1.165) is 5.56 Å². The number of carbonyl (C=O) groups excluding carboxylic acids is 2. The standard InChI is InChI=1S/C34H44N2O6/c1-19-15-33-21(3)13-20(2)32(6,7)16-25(28(33)38)14-26(18-37)29(39)34(33,41)30(19)42-31(40)27-22(4)35-36(23(27)5)17-24-11-9-8-10-12-24/h8-12,14-15,20-21,25,29-30,37,39,41H,13,16-18H2,1-7H3/t20-,21-,25+,29-,30+,33+,34+/m1/s1. The SMILES string of the molecule is CC1=C[C@]23C(=O)[C@@H](C=C(CO)[C@@H](O)[C@]2(O)[C@H]1OC(=O)c1c(C)nn(Cc2ccccc2)c1C)CC(C)(C)[C@H](C)C[C@H]3C. The van der Waals surface area contributed by atoms with Crippen molar-refractivity contribution in [2.24, 2.45) is 28.6 Å². The fourth-order valence-electron chi connectivity index (χ4n) is 7.89. The number of rotatable bonds is 5. The number of nitrogens with zero attached hydrogens (tertiary/aromatic N) is 2. The number of Topliss-reactive ketones (excluding diaryl/α,β-unsaturated/α-hetero) is 1. The van der Waals surface area contributed by atoms with Gasteiger partial charge in [-0.3, -0.25) is 9.48 Å². The lowest BCUT2D eigenvalue weighted by Crippen LogP contribution is -2.66. The van der Waals surface area contributed by atoms with E-state index in [1.54, 1.807) is 37.6 Å². The Morgan fingerprint density at radius 1 is 1.12 bits per heavy atom. The van der Waals surface area contributed by atoms with Crippen LogP contribution in [0.3, 0.4) is 0 Å². The zero-order valence-electron chi connectivity index (χ0n) is 25.7. The molecule has 8 heteroatoms. The number of aliphatic hydroxyl groups is 3. The molecule has 0 amide bonds. The van der Waals surface area contributed by atoms with Crippen LogP contribution in [0, 0.1) is 42.4 Å². The molecule has 2 bridgehead atoms. The Balaban J connectivity index is 1.57. The number of fused-ring (bicyclic) bond motifs is 1. The molecule has 1 saturated carbocycles. The van der Waals surface area contributed by atoms with E-state index in [9.17, 15) is 24.9 Å². The third-order valence-electron chi connectivity index (χ3n) is 10.6. The van der Waals surface area contributed by atoms with E-state index in [4.69, 9.17) is 4.74 Å². The predicted molar refractivity (Wildman–Crippen MR) is 159 cm³/mol. The number of hydrogen-bond donors (Lipinski definition) is 3. The highest BCUT2D eigenvalue weighted by atomic mass is 16.6. The molecule has 0 unspecified atom stereocenters. The molecular formula is C34H44N2O6. The lowest BCUT2D eigenvalue weighted by atomic mass is 9.54. The molecule has 5 rings (SSSR count). The quantitative estimate of drug-likeness (QED) is 0.358. The van der Waals surface area contributed by atoms with Crippen LogP contribution < -0.4 is 0 Å². The summed E-state index contributed by atoms with van der Waals surface area (Å²) in [4.78, 5) is 28.4. The van der Waals surface area contributed by atoms with E-state index in [1.165, 1.54) is 0 Å². The smallest absolute Gasteiger partial charge is 0.342 e. The molecule has 3 N–H and O–H groups in total. The minimum absolute atomic E-state index is 0.169. The predicted octanol–water partition coefficient (Wildman–Crippen LogP) is 4.32. The van der Waals surface area contributed by atoms with Gasteiger partial charge in [-0.05, 0) is 67.6 Å². The highest BCUT2D eigenvalue weighted by Gasteiger charge is 2.71. The van der Waals surface area contributed by atoms with Crippen LogP contribution in [0.15, 0.2) is 53.6 Å². The van der Waals surface area contributed by atoms with Gasteiger partial charge in [0.15, 0.2) is 17.5 Å². The summed E-state index contributed by atoms with van der Waals surface area (Å²) in [6.07, 6.45) is 1.60. The molecule has 1 heterocycles. The van der Waals surface area contributed by atoms with Crippen LogP contribution in [0.2, 0.25) is 0 Å². The van der Waals surface area contributed by atoms with Gasteiger partial charge in [0.2, 0.25) is 0 Å². The highest BCUT2D eigenvalue weighted by molar-refractivity contribution is 5.95. The average molecular weight is 577 g/mol. The molecule has 7 atom stereocenters. The van der Waals surface area contributed by atoms with Crippen molar-refractivity contribution in [3.8, 4) is 0 Å². The maximum Gasteiger partial charge on any atom is 0.342 e. The van der Waals surface area contributed by atoms with Gasteiger partial charge in [0.05, 0.1) is 30.0 Å². The minimum Gasteiger partial charge on any atom is -0.451 e. The largest absolute Gasteiger partial charge is 0.451 e. The van der Waals surface area contributed by atoms with Crippen molar-refractivity contribution >= 4 is 11.8 Å². The second-order valence-electron chi connectivity index (χ2n) is 13.6. The number of carbonyl (C=O) groups is 2. The van der Waals surface area contributed by atoms with Crippen molar-refractivity contribution in [1.29, 1.82) is 0 Å². The van der Waals surface area contributed by atoms with Crippen LogP contribution in [-0.4, -0.2) is 61.3 Å². The number of esters is 1. The molecule has 3 aliphatic rings. The molecule has 3 aliphatic carbocycles. The maximum absolute atomic E-state index is 14.6. The number of aromatic nitrogens is 2. The van der Waals surface area contributed by atoms with Crippen LogP contribution in [-0.2, 0) is 16.1 Å². The van der Waals surface area contributed by atoms with Gasteiger partial charge in [0, 0.05) is 5.92 Å². The first-order valence-corrected chi connectivity index (χ1v) is 14.9. The number of hydrogen-bond acceptors (Lipinski definition) is 7. The molecule has 1 fully saturated rings. The van der Waals surface area contributed by atoms with E-state index < -0.39 is 41.7 Å². The average Bonchev–Trinajstić information content (AvgIpc) is 3.32. The van der Waals surface area contributed by atoms with Gasteiger partial charge < -0.3 is 20.1 Å². The molecule has 2 aromatic rings. The van der Waals surface area contributed by atoms with Crippen LogP contribution in [0.4, 0.5) is 0 Å². The van der Waals surface area contributed by atoms with E-state index >= 15 is 0 Å².